The van der Waals surface area contributed by atoms with Crippen molar-refractivity contribution in [2.75, 3.05) is 19.4 Å². The van der Waals surface area contributed by atoms with E-state index in [1.807, 2.05) is 38.1 Å². The van der Waals surface area contributed by atoms with Gasteiger partial charge in [-0.1, -0.05) is 62.4 Å². The molecule has 5 aliphatic rings. The van der Waals surface area contributed by atoms with Gasteiger partial charge in [0.25, 0.3) is 0 Å². The Labute approximate surface area is 262 Å². The molecule has 7 nitrogen and oxygen atoms in total. The molecular formula is C36H48NO6P. The second-order valence-corrected chi connectivity index (χ2v) is 16.9. The van der Waals surface area contributed by atoms with E-state index >= 15 is 4.57 Å². The molecule has 8 heteroatoms. The molecule has 4 fully saturated rings. The summed E-state index contributed by atoms with van der Waals surface area (Å²) in [5, 5.41) is 2.89. The van der Waals surface area contributed by atoms with Crippen molar-refractivity contribution in [3.8, 4) is 11.1 Å². The summed E-state index contributed by atoms with van der Waals surface area (Å²) in [6.07, 6.45) is 5.70. The van der Waals surface area contributed by atoms with Crippen LogP contribution in [-0.4, -0.2) is 43.3 Å². The number of hydrogen-bond donors (Lipinski definition) is 1. The van der Waals surface area contributed by atoms with Gasteiger partial charge in [-0.2, -0.15) is 0 Å². The number of rotatable bonds is 12. The minimum Gasteiger partial charge on any atom is -0.466 e. The van der Waals surface area contributed by atoms with Crippen LogP contribution in [0.15, 0.2) is 48.5 Å². The van der Waals surface area contributed by atoms with Crippen molar-refractivity contribution in [1.29, 1.82) is 0 Å². The molecule has 7 rings (SSSR count). The lowest BCUT2D eigenvalue weighted by Gasteiger charge is -2.54. The Morgan fingerprint density at radius 3 is 1.98 bits per heavy atom. The molecule has 3 atom stereocenters. The zero-order valence-electron chi connectivity index (χ0n) is 26.6. The first kappa shape index (κ1) is 31.4. The van der Waals surface area contributed by atoms with Gasteiger partial charge >= 0.3 is 12.1 Å². The standard InChI is InChI=1S/C36H48NO6P/c1-5-41-35(38)28(14-22(2)3)21-44(40,43-34-26-16-24-15-25(18-26)19-27(34)17-24)23(4)37-36(39)42-20-33-31-12-8-6-10-29(31)30-11-7-9-13-32(30)33/h6-13,22-28,33-34H,5,14-21H2,1-4H3,(H,37,39)/t23-,24?,25?,26?,27?,28+,34?,44?/m0/s1. The summed E-state index contributed by atoms with van der Waals surface area (Å²) in [4.78, 5) is 26.4. The normalized spacial score (nSPS) is 27.7. The highest BCUT2D eigenvalue weighted by Gasteiger charge is 2.52. The number of nitrogens with one attached hydrogen (secondary N) is 1. The number of fused-ring (bicyclic) bond motifs is 3. The molecule has 1 amide bonds. The molecule has 0 aromatic heterocycles. The number of ether oxygens (including phenoxy) is 2. The summed E-state index contributed by atoms with van der Waals surface area (Å²) < 4.78 is 33.0. The molecule has 0 heterocycles. The van der Waals surface area contributed by atoms with Crippen molar-refractivity contribution in [3.63, 3.8) is 0 Å². The van der Waals surface area contributed by atoms with E-state index < -0.39 is 25.2 Å². The first-order valence-corrected chi connectivity index (χ1v) is 18.6. The fraction of sp³-hybridized carbons (Fsp3) is 0.611. The Morgan fingerprint density at radius 2 is 1.43 bits per heavy atom. The fourth-order valence-corrected chi connectivity index (χ4v) is 11.4. The molecule has 2 aromatic rings. The van der Waals surface area contributed by atoms with Gasteiger partial charge in [0.15, 0.2) is 0 Å². The molecule has 0 saturated heterocycles. The smallest absolute Gasteiger partial charge is 0.407 e. The molecule has 0 aliphatic heterocycles. The van der Waals surface area contributed by atoms with Gasteiger partial charge in [0.1, 0.15) is 12.4 Å². The van der Waals surface area contributed by atoms with Crippen LogP contribution in [0.3, 0.4) is 0 Å². The van der Waals surface area contributed by atoms with Crippen LogP contribution in [0.2, 0.25) is 0 Å². The first-order chi connectivity index (χ1) is 21.1. The molecule has 4 bridgehead atoms. The third kappa shape index (κ3) is 6.37. The van der Waals surface area contributed by atoms with E-state index in [1.165, 1.54) is 6.42 Å². The minimum absolute atomic E-state index is 0.0532. The van der Waals surface area contributed by atoms with Crippen LogP contribution in [0, 0.1) is 35.5 Å². The summed E-state index contributed by atoms with van der Waals surface area (Å²) in [5.74, 6) is 0.720. The van der Waals surface area contributed by atoms with Gasteiger partial charge in [-0.25, -0.2) is 4.79 Å². The number of carbonyl (C=O) groups is 2. The maximum absolute atomic E-state index is 15.0. The van der Waals surface area contributed by atoms with Crippen LogP contribution in [0.25, 0.3) is 11.1 Å². The Morgan fingerprint density at radius 1 is 0.864 bits per heavy atom. The molecule has 4 saturated carbocycles. The Bertz CT molecular complexity index is 1330. The van der Waals surface area contributed by atoms with E-state index in [1.54, 1.807) is 13.8 Å². The van der Waals surface area contributed by atoms with Crippen molar-refractivity contribution in [2.24, 2.45) is 35.5 Å². The predicted molar refractivity (Wildman–Crippen MR) is 172 cm³/mol. The number of alkyl carbamates (subject to hydrolysis) is 1. The van der Waals surface area contributed by atoms with E-state index in [4.69, 9.17) is 14.0 Å². The largest absolute Gasteiger partial charge is 0.466 e. The maximum atomic E-state index is 15.0. The lowest BCUT2D eigenvalue weighted by molar-refractivity contribution is -0.147. The van der Waals surface area contributed by atoms with Gasteiger partial charge in [-0.15, -0.1) is 0 Å². The molecule has 0 spiro atoms. The van der Waals surface area contributed by atoms with E-state index in [0.29, 0.717) is 18.3 Å². The van der Waals surface area contributed by atoms with E-state index in [2.05, 4.69) is 29.6 Å². The molecule has 0 radical (unpaired) electrons. The Balaban J connectivity index is 1.18. The molecule has 44 heavy (non-hydrogen) atoms. The molecule has 1 unspecified atom stereocenters. The van der Waals surface area contributed by atoms with Crippen LogP contribution in [0.5, 0.6) is 0 Å². The zero-order chi connectivity index (χ0) is 31.0. The number of amides is 1. The topological polar surface area (TPSA) is 90.9 Å². The average Bonchev–Trinajstić information content (AvgIpc) is 3.30. The highest BCUT2D eigenvalue weighted by molar-refractivity contribution is 7.59. The lowest BCUT2D eigenvalue weighted by Crippen LogP contribution is -2.50. The highest BCUT2D eigenvalue weighted by Crippen LogP contribution is 2.61. The van der Waals surface area contributed by atoms with Gasteiger partial charge < -0.3 is 19.3 Å². The van der Waals surface area contributed by atoms with Crippen LogP contribution in [-0.2, 0) is 23.4 Å². The van der Waals surface area contributed by atoms with E-state index in [9.17, 15) is 9.59 Å². The fourth-order valence-electron chi connectivity index (χ4n) is 8.84. The van der Waals surface area contributed by atoms with Gasteiger partial charge in [-0.05, 0) is 104 Å². The van der Waals surface area contributed by atoms with Crippen LogP contribution in [0.1, 0.15) is 83.3 Å². The molecule has 238 valence electrons. The third-order valence-electron chi connectivity index (χ3n) is 10.6. The summed E-state index contributed by atoms with van der Waals surface area (Å²) >= 11 is 0. The van der Waals surface area contributed by atoms with Gasteiger partial charge in [-0.3, -0.25) is 9.36 Å². The second kappa shape index (κ2) is 13.0. The van der Waals surface area contributed by atoms with E-state index in [-0.39, 0.29) is 43.3 Å². The average molecular weight is 622 g/mol. The third-order valence-corrected chi connectivity index (χ3v) is 13.4. The van der Waals surface area contributed by atoms with Gasteiger partial charge in [0.05, 0.1) is 18.6 Å². The van der Waals surface area contributed by atoms with Crippen LogP contribution >= 0.6 is 7.37 Å². The number of hydrogen-bond acceptors (Lipinski definition) is 6. The van der Waals surface area contributed by atoms with E-state index in [0.717, 1.165) is 59.8 Å². The molecule has 1 N–H and O–H groups in total. The first-order valence-electron chi connectivity index (χ1n) is 16.7. The maximum Gasteiger partial charge on any atom is 0.407 e. The Hall–Kier alpha value is -2.63. The zero-order valence-corrected chi connectivity index (χ0v) is 27.5. The van der Waals surface area contributed by atoms with Crippen molar-refractivity contribution in [2.45, 2.75) is 84.0 Å². The lowest BCUT2D eigenvalue weighted by atomic mass is 9.55. The van der Waals surface area contributed by atoms with Gasteiger partial charge in [0, 0.05) is 12.1 Å². The second-order valence-electron chi connectivity index (χ2n) is 14.1. The summed E-state index contributed by atoms with van der Waals surface area (Å²) in [6, 6.07) is 16.4. The monoisotopic (exact) mass is 621 g/mol. The highest BCUT2D eigenvalue weighted by atomic mass is 31.2. The van der Waals surface area contributed by atoms with Crippen molar-refractivity contribution < 1.29 is 28.2 Å². The van der Waals surface area contributed by atoms with Crippen LogP contribution in [0.4, 0.5) is 4.79 Å². The SMILES string of the molecule is CCOC(=O)[C@H](CC(C)C)CP(=O)(OC1C2CC3CC(C2)CC1C3)[C@@H](C)NC(=O)OCC1c2ccccc2-c2ccccc21. The number of benzene rings is 2. The van der Waals surface area contributed by atoms with Gasteiger partial charge in [0.2, 0.25) is 7.37 Å². The molecular weight excluding hydrogens is 573 g/mol. The van der Waals surface area contributed by atoms with Crippen molar-refractivity contribution in [1.82, 2.24) is 5.32 Å². The quantitative estimate of drug-likeness (QED) is 0.190. The minimum atomic E-state index is -3.55. The number of carbonyl (C=O) groups excluding carboxylic acids is 2. The Kier molecular flexibility index (Phi) is 9.27. The summed E-state index contributed by atoms with van der Waals surface area (Å²) in [5.41, 5.74) is 4.59. The van der Waals surface area contributed by atoms with Crippen LogP contribution < -0.4 is 5.32 Å². The van der Waals surface area contributed by atoms with Crippen molar-refractivity contribution >= 4 is 19.4 Å². The predicted octanol–water partition coefficient (Wildman–Crippen LogP) is 8.22. The summed E-state index contributed by atoms with van der Waals surface area (Å²) in [7, 11) is -3.55. The summed E-state index contributed by atoms with van der Waals surface area (Å²) in [6.45, 7) is 8.07. The molecule has 5 aliphatic carbocycles. The molecule has 2 aromatic carbocycles. The number of esters is 1. The van der Waals surface area contributed by atoms with Crippen molar-refractivity contribution in [3.05, 3.63) is 59.7 Å².